The second kappa shape index (κ2) is 8.02. The molecule has 0 bridgehead atoms. The van der Waals surface area contributed by atoms with Crippen molar-refractivity contribution in [1.82, 2.24) is 14.7 Å². The van der Waals surface area contributed by atoms with Crippen molar-refractivity contribution in [2.75, 3.05) is 13.2 Å². The maximum atomic E-state index is 12.9. The Bertz CT molecular complexity index is 621. The minimum atomic E-state index is -0.227. The Morgan fingerprint density at radius 2 is 2.12 bits per heavy atom. The molecule has 0 aromatic carbocycles. The van der Waals surface area contributed by atoms with Gasteiger partial charge in [-0.25, -0.2) is 0 Å². The maximum Gasteiger partial charge on any atom is 0.307 e. The molecule has 1 fully saturated rings. The highest BCUT2D eigenvalue weighted by Gasteiger charge is 2.35. The van der Waals surface area contributed by atoms with Crippen molar-refractivity contribution >= 4 is 11.9 Å². The van der Waals surface area contributed by atoms with Crippen molar-refractivity contribution in [3.05, 3.63) is 17.5 Å². The summed E-state index contributed by atoms with van der Waals surface area (Å²) < 4.78 is 7.01. The highest BCUT2D eigenvalue weighted by molar-refractivity contribution is 5.80. The smallest absolute Gasteiger partial charge is 0.307 e. The number of amides is 1. The lowest BCUT2D eigenvalue weighted by molar-refractivity contribution is -0.144. The Hall–Kier alpha value is -1.85. The summed E-state index contributed by atoms with van der Waals surface area (Å²) in [6, 6.07) is 0.302. The van der Waals surface area contributed by atoms with Crippen LogP contribution >= 0.6 is 0 Å². The first-order valence-corrected chi connectivity index (χ1v) is 9.59. The quantitative estimate of drug-likeness (QED) is 0.677. The molecule has 1 heterocycles. The van der Waals surface area contributed by atoms with E-state index in [4.69, 9.17) is 4.74 Å². The molecular formula is C19H29N3O3. The molecule has 1 atom stereocenters. The number of rotatable bonds is 8. The number of nitrogens with zero attached hydrogens (tertiary/aromatic N) is 3. The number of aryl methyl sites for hydroxylation is 1. The van der Waals surface area contributed by atoms with E-state index >= 15 is 0 Å². The van der Waals surface area contributed by atoms with Gasteiger partial charge in [0.1, 0.15) is 0 Å². The van der Waals surface area contributed by atoms with Crippen molar-refractivity contribution < 1.29 is 14.3 Å². The van der Waals surface area contributed by atoms with Gasteiger partial charge in [0.15, 0.2) is 0 Å². The fourth-order valence-electron chi connectivity index (χ4n) is 3.64. The van der Waals surface area contributed by atoms with E-state index in [-0.39, 0.29) is 24.2 Å². The van der Waals surface area contributed by atoms with Gasteiger partial charge in [-0.15, -0.1) is 0 Å². The van der Waals surface area contributed by atoms with Crippen molar-refractivity contribution in [3.8, 4) is 0 Å². The van der Waals surface area contributed by atoms with Gasteiger partial charge < -0.3 is 9.64 Å². The number of hydrogen-bond donors (Lipinski definition) is 0. The van der Waals surface area contributed by atoms with Crippen LogP contribution in [-0.4, -0.2) is 45.8 Å². The lowest BCUT2D eigenvalue weighted by Gasteiger charge is -2.26. The Kier molecular flexibility index (Phi) is 5.76. The van der Waals surface area contributed by atoms with Gasteiger partial charge >= 0.3 is 5.97 Å². The van der Waals surface area contributed by atoms with Gasteiger partial charge in [-0.3, -0.25) is 14.3 Å². The Labute approximate surface area is 149 Å². The number of fused-ring (bicyclic) bond motifs is 1. The summed E-state index contributed by atoms with van der Waals surface area (Å²) in [4.78, 5) is 26.4. The molecule has 6 nitrogen and oxygen atoms in total. The van der Waals surface area contributed by atoms with Gasteiger partial charge in [0, 0.05) is 18.3 Å². The van der Waals surface area contributed by atoms with Crippen LogP contribution in [-0.2, 0) is 33.7 Å². The van der Waals surface area contributed by atoms with Gasteiger partial charge in [0.25, 0.3) is 0 Å². The van der Waals surface area contributed by atoms with E-state index < -0.39 is 0 Å². The third-order valence-electron chi connectivity index (χ3n) is 5.15. The summed E-state index contributed by atoms with van der Waals surface area (Å²) in [5.74, 6) is -0.227. The molecule has 1 saturated carbocycles. The number of carbonyl (C=O) groups excluding carboxylic acids is 2. The molecule has 0 N–H and O–H groups in total. The van der Waals surface area contributed by atoms with Gasteiger partial charge in [-0.05, 0) is 51.0 Å². The molecule has 138 valence electrons. The van der Waals surface area contributed by atoms with Gasteiger partial charge in [0.2, 0.25) is 5.91 Å². The first kappa shape index (κ1) is 18.0. The van der Waals surface area contributed by atoms with E-state index in [1.165, 1.54) is 24.1 Å². The summed E-state index contributed by atoms with van der Waals surface area (Å²) in [6.45, 7) is 5.24. The van der Waals surface area contributed by atoms with Gasteiger partial charge in [0.05, 0.1) is 31.7 Å². The molecule has 6 heteroatoms. The van der Waals surface area contributed by atoms with Crippen LogP contribution in [0.15, 0.2) is 6.20 Å². The van der Waals surface area contributed by atoms with Crippen molar-refractivity contribution in [2.24, 2.45) is 5.92 Å². The predicted molar refractivity (Wildman–Crippen MR) is 94.0 cm³/mol. The highest BCUT2D eigenvalue weighted by Crippen LogP contribution is 2.29. The molecule has 1 unspecified atom stereocenters. The molecule has 1 aromatic rings. The molecule has 0 saturated heterocycles. The van der Waals surface area contributed by atoms with Crippen molar-refractivity contribution in [3.63, 3.8) is 0 Å². The fraction of sp³-hybridized carbons (Fsp3) is 0.737. The minimum Gasteiger partial charge on any atom is -0.466 e. The molecule has 3 rings (SSSR count). The molecule has 0 aliphatic heterocycles. The predicted octanol–water partition coefficient (Wildman–Crippen LogP) is 2.34. The Morgan fingerprint density at radius 3 is 2.84 bits per heavy atom. The lowest BCUT2D eigenvalue weighted by Crippen LogP contribution is -2.40. The first-order chi connectivity index (χ1) is 12.1. The molecule has 25 heavy (non-hydrogen) atoms. The summed E-state index contributed by atoms with van der Waals surface area (Å²) in [5.41, 5.74) is 2.64. The van der Waals surface area contributed by atoms with Crippen LogP contribution in [0, 0.1) is 5.92 Å². The van der Waals surface area contributed by atoms with Crippen molar-refractivity contribution in [2.45, 2.75) is 71.4 Å². The minimum absolute atomic E-state index is 0.131. The SMILES string of the molecule is CCOC(=O)CCN(C(=O)C(C)Cn1ncc2c1CCCC2)C1CC1. The van der Waals surface area contributed by atoms with Crippen LogP contribution in [0.1, 0.15) is 57.2 Å². The summed E-state index contributed by atoms with van der Waals surface area (Å²) >= 11 is 0. The van der Waals surface area contributed by atoms with Crippen LogP contribution in [0.5, 0.6) is 0 Å². The van der Waals surface area contributed by atoms with E-state index in [1.807, 2.05) is 22.7 Å². The number of aromatic nitrogens is 2. The van der Waals surface area contributed by atoms with E-state index in [0.29, 0.717) is 25.7 Å². The van der Waals surface area contributed by atoms with Crippen LogP contribution in [0.25, 0.3) is 0 Å². The molecular weight excluding hydrogens is 318 g/mol. The zero-order valence-electron chi connectivity index (χ0n) is 15.4. The molecule has 1 aromatic heterocycles. The average molecular weight is 347 g/mol. The van der Waals surface area contributed by atoms with E-state index in [9.17, 15) is 9.59 Å². The first-order valence-electron chi connectivity index (χ1n) is 9.59. The summed E-state index contributed by atoms with van der Waals surface area (Å²) in [6.07, 6.45) is 8.92. The number of hydrogen-bond acceptors (Lipinski definition) is 4. The molecule has 0 radical (unpaired) electrons. The van der Waals surface area contributed by atoms with Crippen molar-refractivity contribution in [1.29, 1.82) is 0 Å². The van der Waals surface area contributed by atoms with E-state index in [0.717, 1.165) is 25.7 Å². The molecule has 1 amide bonds. The summed E-state index contributed by atoms with van der Waals surface area (Å²) in [7, 11) is 0. The van der Waals surface area contributed by atoms with E-state index in [2.05, 4.69) is 5.10 Å². The van der Waals surface area contributed by atoms with Gasteiger partial charge in [-0.2, -0.15) is 5.10 Å². The van der Waals surface area contributed by atoms with Crippen LogP contribution in [0.2, 0.25) is 0 Å². The standard InChI is InChI=1S/C19H29N3O3/c1-3-25-18(23)10-11-21(16-8-9-16)19(24)14(2)13-22-17-7-5-4-6-15(17)12-20-22/h12,14,16H,3-11,13H2,1-2H3. The normalized spacial score (nSPS) is 17.7. The monoisotopic (exact) mass is 347 g/mol. The Morgan fingerprint density at radius 1 is 1.36 bits per heavy atom. The van der Waals surface area contributed by atoms with Gasteiger partial charge in [-0.1, -0.05) is 6.92 Å². The highest BCUT2D eigenvalue weighted by atomic mass is 16.5. The number of esters is 1. The maximum absolute atomic E-state index is 12.9. The number of carbonyl (C=O) groups is 2. The third-order valence-corrected chi connectivity index (χ3v) is 5.15. The zero-order valence-corrected chi connectivity index (χ0v) is 15.4. The third kappa shape index (κ3) is 4.41. The zero-order chi connectivity index (χ0) is 17.8. The fourth-order valence-corrected chi connectivity index (χ4v) is 3.64. The van der Waals surface area contributed by atoms with Crippen LogP contribution < -0.4 is 0 Å². The second-order valence-corrected chi connectivity index (χ2v) is 7.22. The molecule has 2 aliphatic rings. The topological polar surface area (TPSA) is 64.4 Å². The lowest BCUT2D eigenvalue weighted by atomic mass is 9.98. The van der Waals surface area contributed by atoms with Crippen LogP contribution in [0.4, 0.5) is 0 Å². The Balaban J connectivity index is 1.59. The molecule has 2 aliphatic carbocycles. The largest absolute Gasteiger partial charge is 0.466 e. The molecule has 0 spiro atoms. The summed E-state index contributed by atoms with van der Waals surface area (Å²) in [5, 5.41) is 4.51. The van der Waals surface area contributed by atoms with Crippen LogP contribution in [0.3, 0.4) is 0 Å². The number of ether oxygens (including phenoxy) is 1. The average Bonchev–Trinajstić information content (AvgIpc) is 3.37. The van der Waals surface area contributed by atoms with E-state index in [1.54, 1.807) is 6.92 Å². The second-order valence-electron chi connectivity index (χ2n) is 7.22.